The quantitative estimate of drug-likeness (QED) is 0.360. The zero-order valence-corrected chi connectivity index (χ0v) is 18.2. The van der Waals surface area contributed by atoms with Gasteiger partial charge >= 0.3 is 0 Å². The molecule has 0 spiro atoms. The summed E-state index contributed by atoms with van der Waals surface area (Å²) >= 11 is 0. The number of nitrogens with one attached hydrogen (secondary N) is 1. The number of aromatic nitrogens is 1. The zero-order valence-electron chi connectivity index (χ0n) is 18.2. The lowest BCUT2D eigenvalue weighted by atomic mass is 9.94. The fourth-order valence-corrected chi connectivity index (χ4v) is 3.50. The topological polar surface area (TPSA) is 51.2 Å². The Morgan fingerprint density at radius 1 is 0.909 bits per heavy atom. The summed E-state index contributed by atoms with van der Waals surface area (Å²) in [5, 5.41) is 2.97. The van der Waals surface area contributed by atoms with Crippen molar-refractivity contribution in [2.24, 2.45) is 0 Å². The van der Waals surface area contributed by atoms with E-state index in [2.05, 4.69) is 16.4 Å². The molecule has 1 aromatic heterocycles. The summed E-state index contributed by atoms with van der Waals surface area (Å²) in [5.41, 5.74) is 5.49. The van der Waals surface area contributed by atoms with Crippen molar-refractivity contribution in [2.75, 3.05) is 7.11 Å². The van der Waals surface area contributed by atoms with Gasteiger partial charge in [0.1, 0.15) is 5.82 Å². The number of methoxy groups -OCH3 is 1. The summed E-state index contributed by atoms with van der Waals surface area (Å²) in [6, 6.07) is 25.8. The van der Waals surface area contributed by atoms with E-state index < -0.39 is 0 Å². The minimum Gasteiger partial charge on any atom is -0.481 e. The first-order valence-corrected chi connectivity index (χ1v) is 10.5. The van der Waals surface area contributed by atoms with E-state index in [0.29, 0.717) is 18.0 Å². The Labute approximate surface area is 192 Å². The van der Waals surface area contributed by atoms with E-state index in [0.717, 1.165) is 27.8 Å². The van der Waals surface area contributed by atoms with Crippen LogP contribution in [0.25, 0.3) is 23.3 Å². The Morgan fingerprint density at radius 2 is 1.64 bits per heavy atom. The van der Waals surface area contributed by atoms with Crippen molar-refractivity contribution < 1.29 is 13.9 Å². The first-order valence-electron chi connectivity index (χ1n) is 10.5. The number of hydrogen-bond acceptors (Lipinski definition) is 3. The van der Waals surface area contributed by atoms with E-state index in [4.69, 9.17) is 4.74 Å². The van der Waals surface area contributed by atoms with Crippen LogP contribution in [0, 0.1) is 5.82 Å². The number of halogens is 1. The van der Waals surface area contributed by atoms with Gasteiger partial charge in [-0.2, -0.15) is 0 Å². The molecule has 1 heterocycles. The molecular formula is C28H23FN2O2. The van der Waals surface area contributed by atoms with Gasteiger partial charge in [0.05, 0.1) is 12.7 Å². The predicted octanol–water partition coefficient (Wildman–Crippen LogP) is 6.00. The van der Waals surface area contributed by atoms with Gasteiger partial charge in [-0.1, -0.05) is 72.8 Å². The third-order valence-electron chi connectivity index (χ3n) is 5.24. The van der Waals surface area contributed by atoms with Crippen molar-refractivity contribution >= 4 is 18.1 Å². The Balaban J connectivity index is 1.56. The van der Waals surface area contributed by atoms with E-state index in [1.54, 1.807) is 24.3 Å². The normalized spacial score (nSPS) is 10.8. The second-order valence-electron chi connectivity index (χ2n) is 7.40. The molecule has 0 saturated carbocycles. The van der Waals surface area contributed by atoms with Crippen molar-refractivity contribution in [3.05, 3.63) is 119 Å². The molecule has 0 aliphatic rings. The molecule has 0 unspecified atom stereocenters. The number of carbonyl (C=O) groups is 1. The maximum absolute atomic E-state index is 13.2. The monoisotopic (exact) mass is 438 g/mol. The van der Waals surface area contributed by atoms with Crippen molar-refractivity contribution in [1.82, 2.24) is 10.3 Å². The number of nitrogens with zero attached hydrogens (tertiary/aromatic N) is 1. The number of hydrogen-bond donors (Lipinski definition) is 1. The number of rotatable bonds is 7. The minimum atomic E-state index is -0.256. The molecule has 4 aromatic rings. The van der Waals surface area contributed by atoms with Crippen LogP contribution in [0.1, 0.15) is 27.0 Å². The average Bonchev–Trinajstić information content (AvgIpc) is 2.87. The minimum absolute atomic E-state index is 0.204. The number of pyridine rings is 1. The molecule has 0 bridgehead atoms. The Bertz CT molecular complexity index is 1270. The Kier molecular flexibility index (Phi) is 6.90. The molecule has 33 heavy (non-hydrogen) atoms. The van der Waals surface area contributed by atoms with Gasteiger partial charge < -0.3 is 10.1 Å². The lowest BCUT2D eigenvalue weighted by Gasteiger charge is -2.13. The van der Waals surface area contributed by atoms with Crippen LogP contribution in [0.2, 0.25) is 0 Å². The standard InChI is InChI=1S/C28H23FN2O2/c1-33-27-17-14-23(19-30-27)28(32)31-18-22-7-3-5-9-26(22)25-8-4-2-6-21(25)13-10-20-11-15-24(29)16-12-20/h2-17,19H,18H2,1H3,(H,31,32)/b13-10+. The van der Waals surface area contributed by atoms with Crippen LogP contribution in [-0.4, -0.2) is 18.0 Å². The first-order chi connectivity index (χ1) is 16.1. The molecular weight excluding hydrogens is 415 g/mol. The smallest absolute Gasteiger partial charge is 0.253 e. The van der Waals surface area contributed by atoms with Gasteiger partial charge in [0.25, 0.3) is 5.91 Å². The summed E-state index contributed by atoms with van der Waals surface area (Å²) in [6.07, 6.45) is 5.47. The highest BCUT2D eigenvalue weighted by Crippen LogP contribution is 2.28. The number of ether oxygens (including phenoxy) is 1. The summed E-state index contributed by atoms with van der Waals surface area (Å²) in [7, 11) is 1.53. The second kappa shape index (κ2) is 10.4. The molecule has 5 heteroatoms. The zero-order chi connectivity index (χ0) is 23.0. The fourth-order valence-electron chi connectivity index (χ4n) is 3.50. The Morgan fingerprint density at radius 3 is 2.36 bits per heavy atom. The van der Waals surface area contributed by atoms with Gasteiger partial charge in [0, 0.05) is 18.8 Å². The molecule has 1 amide bonds. The van der Waals surface area contributed by atoms with Crippen LogP contribution in [-0.2, 0) is 6.54 Å². The maximum Gasteiger partial charge on any atom is 0.253 e. The number of carbonyl (C=O) groups excluding carboxylic acids is 1. The molecule has 0 saturated heterocycles. The molecule has 0 aliphatic carbocycles. The van der Waals surface area contributed by atoms with E-state index in [1.807, 2.05) is 54.6 Å². The van der Waals surface area contributed by atoms with Crippen molar-refractivity contribution in [2.45, 2.75) is 6.54 Å². The summed E-state index contributed by atoms with van der Waals surface area (Å²) in [6.45, 7) is 0.372. The highest BCUT2D eigenvalue weighted by molar-refractivity contribution is 5.94. The maximum atomic E-state index is 13.2. The van der Waals surface area contributed by atoms with Crippen molar-refractivity contribution in [3.8, 4) is 17.0 Å². The van der Waals surface area contributed by atoms with Gasteiger partial charge in [-0.3, -0.25) is 4.79 Å². The van der Waals surface area contributed by atoms with Gasteiger partial charge in [-0.15, -0.1) is 0 Å². The molecule has 1 N–H and O–H groups in total. The largest absolute Gasteiger partial charge is 0.481 e. The SMILES string of the molecule is COc1ccc(C(=O)NCc2ccccc2-c2ccccc2/C=C/c2ccc(F)cc2)cn1. The first kappa shape index (κ1) is 22.0. The number of amides is 1. The van der Waals surface area contributed by atoms with Gasteiger partial charge in [0.2, 0.25) is 5.88 Å². The third-order valence-corrected chi connectivity index (χ3v) is 5.24. The van der Waals surface area contributed by atoms with E-state index >= 15 is 0 Å². The molecule has 3 aromatic carbocycles. The van der Waals surface area contributed by atoms with E-state index in [1.165, 1.54) is 25.4 Å². The molecule has 0 fully saturated rings. The van der Waals surface area contributed by atoms with Gasteiger partial charge in [-0.25, -0.2) is 9.37 Å². The molecule has 4 rings (SSSR count). The fraction of sp³-hybridized carbons (Fsp3) is 0.0714. The molecule has 0 atom stereocenters. The van der Waals surface area contributed by atoms with Crippen LogP contribution in [0.5, 0.6) is 5.88 Å². The van der Waals surface area contributed by atoms with Crippen LogP contribution in [0.4, 0.5) is 4.39 Å². The second-order valence-corrected chi connectivity index (χ2v) is 7.40. The predicted molar refractivity (Wildman–Crippen MR) is 129 cm³/mol. The summed E-state index contributed by atoms with van der Waals surface area (Å²) < 4.78 is 18.2. The highest BCUT2D eigenvalue weighted by atomic mass is 19.1. The van der Waals surface area contributed by atoms with Crippen LogP contribution in [0.15, 0.2) is 91.1 Å². The molecule has 4 nitrogen and oxygen atoms in total. The van der Waals surface area contributed by atoms with Crippen LogP contribution < -0.4 is 10.1 Å². The summed E-state index contributed by atoms with van der Waals surface area (Å²) in [4.78, 5) is 16.7. The lowest BCUT2D eigenvalue weighted by molar-refractivity contribution is 0.0950. The van der Waals surface area contributed by atoms with E-state index in [9.17, 15) is 9.18 Å². The van der Waals surface area contributed by atoms with Gasteiger partial charge in [-0.05, 0) is 46.0 Å². The summed E-state index contributed by atoms with van der Waals surface area (Å²) in [5.74, 6) is 0.000544. The molecule has 164 valence electrons. The third kappa shape index (κ3) is 5.52. The van der Waals surface area contributed by atoms with Gasteiger partial charge in [0.15, 0.2) is 0 Å². The van der Waals surface area contributed by atoms with E-state index in [-0.39, 0.29) is 11.7 Å². The lowest BCUT2D eigenvalue weighted by Crippen LogP contribution is -2.23. The highest BCUT2D eigenvalue weighted by Gasteiger charge is 2.11. The van der Waals surface area contributed by atoms with Crippen LogP contribution >= 0.6 is 0 Å². The Hall–Kier alpha value is -4.25. The van der Waals surface area contributed by atoms with Crippen molar-refractivity contribution in [1.29, 1.82) is 0 Å². The number of benzene rings is 3. The van der Waals surface area contributed by atoms with Crippen molar-refractivity contribution in [3.63, 3.8) is 0 Å². The molecule has 0 aliphatic heterocycles. The average molecular weight is 439 g/mol. The van der Waals surface area contributed by atoms with Crippen LogP contribution in [0.3, 0.4) is 0 Å². The molecule has 0 radical (unpaired) electrons.